The van der Waals surface area contributed by atoms with E-state index in [2.05, 4.69) is 6.07 Å². The Morgan fingerprint density at radius 2 is 1.70 bits per heavy atom. The van der Waals surface area contributed by atoms with Crippen molar-refractivity contribution < 1.29 is 9.69 Å². The highest BCUT2D eigenvalue weighted by atomic mass is 16.2. The maximum Gasteiger partial charge on any atom is 0.254 e. The minimum absolute atomic E-state index is 0.113. The molecule has 116 valence electrons. The molecule has 4 heteroatoms. The maximum atomic E-state index is 12.4. The zero-order valence-electron chi connectivity index (χ0n) is 13.0. The minimum atomic E-state index is 0.113. The van der Waals surface area contributed by atoms with Crippen molar-refractivity contribution >= 4 is 5.91 Å². The van der Waals surface area contributed by atoms with Gasteiger partial charge in [-0.05, 0) is 18.2 Å². The molecule has 2 aromatic rings. The van der Waals surface area contributed by atoms with Crippen molar-refractivity contribution in [1.29, 1.82) is 5.26 Å². The fraction of sp³-hybridized carbons (Fsp3) is 0.263. The number of piperazine rings is 1. The molecule has 0 bridgehead atoms. The van der Waals surface area contributed by atoms with E-state index in [-0.39, 0.29) is 5.91 Å². The highest BCUT2D eigenvalue weighted by Gasteiger charge is 2.24. The summed E-state index contributed by atoms with van der Waals surface area (Å²) in [5, 5.41) is 9.18. The first kappa shape index (κ1) is 15.3. The number of amides is 1. The molecule has 23 heavy (non-hydrogen) atoms. The van der Waals surface area contributed by atoms with Gasteiger partial charge in [-0.25, -0.2) is 0 Å². The molecule has 1 fully saturated rings. The van der Waals surface area contributed by atoms with E-state index in [4.69, 9.17) is 0 Å². The Morgan fingerprint density at radius 1 is 1.04 bits per heavy atom. The van der Waals surface area contributed by atoms with E-state index >= 15 is 0 Å². The van der Waals surface area contributed by atoms with E-state index in [1.54, 1.807) is 0 Å². The summed E-state index contributed by atoms with van der Waals surface area (Å²) in [7, 11) is 0. The average Bonchev–Trinajstić information content (AvgIpc) is 2.63. The molecule has 1 saturated heterocycles. The van der Waals surface area contributed by atoms with Gasteiger partial charge in [0.2, 0.25) is 0 Å². The Bertz CT molecular complexity index is 713. The molecule has 1 aliphatic rings. The van der Waals surface area contributed by atoms with Gasteiger partial charge in [0, 0.05) is 11.1 Å². The van der Waals surface area contributed by atoms with Gasteiger partial charge < -0.3 is 9.80 Å². The number of hydrogen-bond acceptors (Lipinski definition) is 2. The number of nitrogens with one attached hydrogen (secondary N) is 1. The quantitative estimate of drug-likeness (QED) is 0.923. The fourth-order valence-corrected chi connectivity index (χ4v) is 3.02. The maximum absolute atomic E-state index is 12.4. The van der Waals surface area contributed by atoms with Gasteiger partial charge in [0.1, 0.15) is 6.54 Å². The third kappa shape index (κ3) is 3.58. The topological polar surface area (TPSA) is 48.5 Å². The van der Waals surface area contributed by atoms with Gasteiger partial charge in [-0.3, -0.25) is 4.79 Å². The predicted octanol–water partition coefficient (Wildman–Crippen LogP) is 1.10. The molecule has 1 aliphatic heterocycles. The Labute approximate surface area is 136 Å². The number of rotatable bonds is 3. The van der Waals surface area contributed by atoms with Crippen LogP contribution >= 0.6 is 0 Å². The van der Waals surface area contributed by atoms with Crippen LogP contribution in [0.15, 0.2) is 54.6 Å². The van der Waals surface area contributed by atoms with E-state index in [1.165, 1.54) is 4.90 Å². The molecular formula is C19H20N3O+. The third-order valence-corrected chi connectivity index (χ3v) is 4.36. The summed E-state index contributed by atoms with van der Waals surface area (Å²) >= 11 is 0. The molecule has 1 N–H and O–H groups in total. The van der Waals surface area contributed by atoms with Crippen LogP contribution in [0.25, 0.3) is 0 Å². The average molecular weight is 306 g/mol. The standard InChI is InChI=1S/C19H19N3O/c20-14-17-8-4-5-9-18(17)15-21-10-12-22(13-11-21)19(23)16-6-2-1-3-7-16/h1-9H,10-13,15H2/p+1. The largest absolute Gasteiger partial charge is 0.328 e. The lowest BCUT2D eigenvalue weighted by Gasteiger charge is -2.32. The Hall–Kier alpha value is -2.64. The van der Waals surface area contributed by atoms with Gasteiger partial charge in [0.05, 0.1) is 37.8 Å². The summed E-state index contributed by atoms with van der Waals surface area (Å²) in [6.07, 6.45) is 0. The van der Waals surface area contributed by atoms with Gasteiger partial charge in [-0.2, -0.15) is 5.26 Å². The van der Waals surface area contributed by atoms with Crippen molar-refractivity contribution in [2.24, 2.45) is 0 Å². The molecule has 0 atom stereocenters. The van der Waals surface area contributed by atoms with Crippen molar-refractivity contribution in [2.45, 2.75) is 6.54 Å². The second-order valence-corrected chi connectivity index (χ2v) is 5.85. The van der Waals surface area contributed by atoms with Gasteiger partial charge in [-0.1, -0.05) is 36.4 Å². The zero-order valence-corrected chi connectivity index (χ0v) is 13.0. The van der Waals surface area contributed by atoms with Crippen molar-refractivity contribution in [3.05, 3.63) is 71.3 Å². The van der Waals surface area contributed by atoms with Crippen LogP contribution in [0.5, 0.6) is 0 Å². The number of carbonyl (C=O) groups is 1. The van der Waals surface area contributed by atoms with Crippen LogP contribution in [0.1, 0.15) is 21.5 Å². The number of carbonyl (C=O) groups excluding carboxylic acids is 1. The van der Waals surface area contributed by atoms with Gasteiger partial charge in [0.25, 0.3) is 5.91 Å². The molecule has 0 aliphatic carbocycles. The zero-order chi connectivity index (χ0) is 16.1. The smallest absolute Gasteiger partial charge is 0.254 e. The van der Waals surface area contributed by atoms with Crippen molar-refractivity contribution in [3.8, 4) is 6.07 Å². The first-order valence-corrected chi connectivity index (χ1v) is 7.94. The van der Waals surface area contributed by atoms with Crippen LogP contribution in [-0.2, 0) is 6.54 Å². The third-order valence-electron chi connectivity index (χ3n) is 4.36. The highest BCUT2D eigenvalue weighted by molar-refractivity contribution is 5.94. The molecule has 4 nitrogen and oxygen atoms in total. The van der Waals surface area contributed by atoms with E-state index in [0.29, 0.717) is 0 Å². The lowest BCUT2D eigenvalue weighted by atomic mass is 10.1. The summed E-state index contributed by atoms with van der Waals surface area (Å²) in [5.74, 6) is 0.113. The van der Waals surface area contributed by atoms with E-state index in [1.807, 2.05) is 59.5 Å². The predicted molar refractivity (Wildman–Crippen MR) is 87.9 cm³/mol. The lowest BCUT2D eigenvalue weighted by molar-refractivity contribution is -0.917. The van der Waals surface area contributed by atoms with Gasteiger partial charge in [0.15, 0.2) is 0 Å². The van der Waals surface area contributed by atoms with E-state index < -0.39 is 0 Å². The Morgan fingerprint density at radius 3 is 2.39 bits per heavy atom. The molecule has 3 rings (SSSR count). The van der Waals surface area contributed by atoms with Crippen LogP contribution in [0.3, 0.4) is 0 Å². The fourth-order valence-electron chi connectivity index (χ4n) is 3.02. The number of benzene rings is 2. The summed E-state index contributed by atoms with van der Waals surface area (Å²) in [5.41, 5.74) is 2.60. The van der Waals surface area contributed by atoms with Crippen molar-refractivity contribution in [1.82, 2.24) is 4.90 Å². The highest BCUT2D eigenvalue weighted by Crippen LogP contribution is 2.07. The molecule has 1 heterocycles. The molecule has 0 aromatic heterocycles. The Balaban J connectivity index is 1.59. The summed E-state index contributed by atoms with van der Waals surface area (Å²) < 4.78 is 0. The minimum Gasteiger partial charge on any atom is -0.328 e. The summed E-state index contributed by atoms with van der Waals surface area (Å²) in [4.78, 5) is 15.8. The van der Waals surface area contributed by atoms with E-state index in [0.717, 1.165) is 49.4 Å². The molecule has 0 radical (unpaired) electrons. The number of nitriles is 1. The summed E-state index contributed by atoms with van der Waals surface area (Å²) in [6.45, 7) is 4.20. The van der Waals surface area contributed by atoms with E-state index in [9.17, 15) is 10.1 Å². The number of nitrogens with zero attached hydrogens (tertiary/aromatic N) is 2. The molecular weight excluding hydrogens is 286 g/mol. The Kier molecular flexibility index (Phi) is 4.70. The monoisotopic (exact) mass is 306 g/mol. The van der Waals surface area contributed by atoms with Gasteiger partial charge in [-0.15, -0.1) is 0 Å². The first-order valence-electron chi connectivity index (χ1n) is 7.94. The molecule has 0 saturated carbocycles. The van der Waals surface area contributed by atoms with Crippen LogP contribution in [-0.4, -0.2) is 37.0 Å². The molecule has 1 amide bonds. The van der Waals surface area contributed by atoms with Crippen LogP contribution in [0.4, 0.5) is 0 Å². The van der Waals surface area contributed by atoms with Crippen LogP contribution < -0.4 is 4.90 Å². The molecule has 0 spiro atoms. The number of hydrogen-bond donors (Lipinski definition) is 1. The van der Waals surface area contributed by atoms with Gasteiger partial charge >= 0.3 is 0 Å². The van der Waals surface area contributed by atoms with Crippen LogP contribution in [0.2, 0.25) is 0 Å². The second-order valence-electron chi connectivity index (χ2n) is 5.85. The summed E-state index contributed by atoms with van der Waals surface area (Å²) in [6, 6.07) is 19.5. The number of quaternary nitrogens is 1. The van der Waals surface area contributed by atoms with Crippen molar-refractivity contribution in [2.75, 3.05) is 26.2 Å². The van der Waals surface area contributed by atoms with Crippen molar-refractivity contribution in [3.63, 3.8) is 0 Å². The van der Waals surface area contributed by atoms with Crippen LogP contribution in [0, 0.1) is 11.3 Å². The molecule has 2 aromatic carbocycles. The SMILES string of the molecule is N#Cc1ccccc1C[NH+]1CCN(C(=O)c2ccccc2)CC1. The second kappa shape index (κ2) is 7.08. The normalized spacial score (nSPS) is 15.2. The molecule has 0 unspecified atom stereocenters. The lowest BCUT2D eigenvalue weighted by Crippen LogP contribution is -3.13. The first-order chi connectivity index (χ1) is 11.3.